The highest BCUT2D eigenvalue weighted by Crippen LogP contribution is 2.27. The number of para-hydroxylation sites is 1. The summed E-state index contributed by atoms with van der Waals surface area (Å²) in [4.78, 5) is 9.45. The third kappa shape index (κ3) is 3.74. The molecule has 23 heavy (non-hydrogen) atoms. The minimum absolute atomic E-state index is 0.103. The Kier molecular flexibility index (Phi) is 4.63. The van der Waals surface area contributed by atoms with Gasteiger partial charge in [0.2, 0.25) is 5.82 Å². The van der Waals surface area contributed by atoms with E-state index < -0.39 is 0 Å². The first-order valence-corrected chi connectivity index (χ1v) is 7.03. The lowest BCUT2D eigenvalue weighted by atomic mass is 10.2. The summed E-state index contributed by atoms with van der Waals surface area (Å²) in [6.45, 7) is 0.103. The third-order valence-corrected chi connectivity index (χ3v) is 3.08. The summed E-state index contributed by atoms with van der Waals surface area (Å²) in [6.07, 6.45) is 1.62. The molecule has 0 atom stereocenters. The molecule has 0 saturated heterocycles. The topological polar surface area (TPSA) is 69.7 Å². The van der Waals surface area contributed by atoms with Crippen LogP contribution in [0.5, 0.6) is 5.75 Å². The molecule has 0 aliphatic carbocycles. The number of benzene rings is 2. The number of rotatable bonds is 6. The van der Waals surface area contributed by atoms with Crippen molar-refractivity contribution in [2.75, 3.05) is 7.11 Å². The molecule has 0 aliphatic heterocycles. The molecule has 0 bridgehead atoms. The smallest absolute Gasteiger partial charge is 0.267 e. The van der Waals surface area contributed by atoms with Gasteiger partial charge in [0.15, 0.2) is 6.61 Å². The van der Waals surface area contributed by atoms with Crippen molar-refractivity contribution >= 4 is 6.21 Å². The molecule has 0 N–H and O–H groups in total. The zero-order valence-corrected chi connectivity index (χ0v) is 12.5. The lowest BCUT2D eigenvalue weighted by Crippen LogP contribution is -1.90. The van der Waals surface area contributed by atoms with Gasteiger partial charge in [0.25, 0.3) is 5.89 Å². The molecular weight excluding hydrogens is 294 g/mol. The van der Waals surface area contributed by atoms with Crippen LogP contribution >= 0.6 is 0 Å². The molecule has 3 rings (SSSR count). The quantitative estimate of drug-likeness (QED) is 0.516. The van der Waals surface area contributed by atoms with Gasteiger partial charge in [-0.05, 0) is 17.7 Å². The van der Waals surface area contributed by atoms with Crippen LogP contribution in [0.3, 0.4) is 0 Å². The van der Waals surface area contributed by atoms with Gasteiger partial charge in [0.1, 0.15) is 5.75 Å². The molecule has 0 saturated carbocycles. The molecule has 0 unspecified atom stereocenters. The molecular formula is C17H15N3O3. The van der Waals surface area contributed by atoms with Gasteiger partial charge in [-0.2, -0.15) is 4.98 Å². The van der Waals surface area contributed by atoms with Crippen molar-refractivity contribution < 1.29 is 14.1 Å². The van der Waals surface area contributed by atoms with E-state index in [1.165, 1.54) is 0 Å². The first kappa shape index (κ1) is 14.8. The number of oxime groups is 1. The van der Waals surface area contributed by atoms with E-state index in [4.69, 9.17) is 14.1 Å². The first-order chi connectivity index (χ1) is 11.4. The van der Waals surface area contributed by atoms with Crippen LogP contribution in [0.1, 0.15) is 11.5 Å². The highest BCUT2D eigenvalue weighted by Gasteiger charge is 2.12. The molecule has 6 nitrogen and oxygen atoms in total. The molecule has 1 heterocycles. The summed E-state index contributed by atoms with van der Waals surface area (Å²) in [5, 5.41) is 7.81. The average molecular weight is 309 g/mol. The largest absolute Gasteiger partial charge is 0.496 e. The predicted octanol–water partition coefficient (Wildman–Crippen LogP) is 3.30. The number of hydrogen-bond acceptors (Lipinski definition) is 6. The van der Waals surface area contributed by atoms with E-state index in [0.29, 0.717) is 17.5 Å². The Labute approximate surface area is 133 Å². The van der Waals surface area contributed by atoms with Crippen LogP contribution in [0.15, 0.2) is 64.3 Å². The first-order valence-electron chi connectivity index (χ1n) is 7.03. The number of ether oxygens (including phenoxy) is 1. The van der Waals surface area contributed by atoms with E-state index in [0.717, 1.165) is 11.1 Å². The molecule has 6 heteroatoms. The molecule has 0 aliphatic rings. The number of aromatic nitrogens is 2. The van der Waals surface area contributed by atoms with E-state index in [1.807, 2.05) is 54.6 Å². The van der Waals surface area contributed by atoms with E-state index in [-0.39, 0.29) is 6.61 Å². The summed E-state index contributed by atoms with van der Waals surface area (Å²) >= 11 is 0. The maximum Gasteiger partial charge on any atom is 0.267 e. The monoisotopic (exact) mass is 309 g/mol. The van der Waals surface area contributed by atoms with Crippen molar-refractivity contribution in [2.24, 2.45) is 5.16 Å². The molecule has 116 valence electrons. The Balaban J connectivity index is 1.63. The van der Waals surface area contributed by atoms with E-state index in [2.05, 4.69) is 15.3 Å². The summed E-state index contributed by atoms with van der Waals surface area (Å²) in [5.41, 5.74) is 1.71. The Morgan fingerprint density at radius 2 is 1.87 bits per heavy atom. The Morgan fingerprint density at radius 1 is 1.09 bits per heavy atom. The fourth-order valence-corrected chi connectivity index (χ4v) is 1.98. The predicted molar refractivity (Wildman–Crippen MR) is 85.1 cm³/mol. The van der Waals surface area contributed by atoms with Crippen LogP contribution in [0.2, 0.25) is 0 Å². The Bertz CT molecular complexity index is 785. The second-order valence-corrected chi connectivity index (χ2v) is 4.63. The number of hydrogen-bond donors (Lipinski definition) is 0. The zero-order chi connectivity index (χ0) is 15.9. The molecule has 3 aromatic rings. The molecule has 0 radical (unpaired) electrons. The maximum absolute atomic E-state index is 5.28. The minimum atomic E-state index is 0.103. The van der Waals surface area contributed by atoms with E-state index in [9.17, 15) is 0 Å². The van der Waals surface area contributed by atoms with Crippen LogP contribution in [-0.4, -0.2) is 23.5 Å². The fourth-order valence-electron chi connectivity index (χ4n) is 1.98. The van der Waals surface area contributed by atoms with Crippen molar-refractivity contribution in [2.45, 2.75) is 6.61 Å². The zero-order valence-electron chi connectivity index (χ0n) is 12.5. The van der Waals surface area contributed by atoms with Gasteiger partial charge in [0, 0.05) is 0 Å². The van der Waals surface area contributed by atoms with Crippen LogP contribution in [0, 0.1) is 0 Å². The van der Waals surface area contributed by atoms with Crippen LogP contribution in [-0.2, 0) is 11.4 Å². The van der Waals surface area contributed by atoms with Gasteiger partial charge in [-0.15, -0.1) is 0 Å². The van der Waals surface area contributed by atoms with Crippen molar-refractivity contribution in [3.05, 3.63) is 66.1 Å². The van der Waals surface area contributed by atoms with Crippen LogP contribution in [0.4, 0.5) is 0 Å². The van der Waals surface area contributed by atoms with E-state index >= 15 is 0 Å². The van der Waals surface area contributed by atoms with Crippen molar-refractivity contribution in [3.63, 3.8) is 0 Å². The summed E-state index contributed by atoms with van der Waals surface area (Å²) in [5.74, 6) is 1.48. The van der Waals surface area contributed by atoms with Gasteiger partial charge in [0.05, 0.1) is 18.9 Å². The van der Waals surface area contributed by atoms with Gasteiger partial charge in [-0.3, -0.25) is 0 Å². The highest BCUT2D eigenvalue weighted by atomic mass is 16.6. The maximum atomic E-state index is 5.28. The minimum Gasteiger partial charge on any atom is -0.496 e. The molecule has 2 aromatic carbocycles. The molecule has 0 fully saturated rings. The van der Waals surface area contributed by atoms with Gasteiger partial charge in [-0.1, -0.05) is 52.8 Å². The van der Waals surface area contributed by atoms with Crippen LogP contribution in [0.25, 0.3) is 11.4 Å². The second-order valence-electron chi connectivity index (χ2n) is 4.63. The summed E-state index contributed by atoms with van der Waals surface area (Å²) < 4.78 is 10.4. The summed E-state index contributed by atoms with van der Waals surface area (Å²) in [7, 11) is 1.60. The molecule has 1 aromatic heterocycles. The second kappa shape index (κ2) is 7.22. The number of methoxy groups -OCH3 is 1. The Hall–Kier alpha value is -3.15. The third-order valence-electron chi connectivity index (χ3n) is 3.08. The fraction of sp³-hybridized carbons (Fsp3) is 0.118. The Morgan fingerprint density at radius 3 is 2.70 bits per heavy atom. The van der Waals surface area contributed by atoms with Crippen molar-refractivity contribution in [1.29, 1.82) is 0 Å². The lowest BCUT2D eigenvalue weighted by molar-refractivity contribution is 0.107. The highest BCUT2D eigenvalue weighted by molar-refractivity contribution is 5.78. The lowest BCUT2D eigenvalue weighted by Gasteiger charge is -2.02. The van der Waals surface area contributed by atoms with Crippen molar-refractivity contribution in [1.82, 2.24) is 10.1 Å². The number of nitrogens with zero attached hydrogens (tertiary/aromatic N) is 3. The normalized spacial score (nSPS) is 10.8. The SMILES string of the molecule is COc1ccccc1-c1noc(CO/N=C\c2ccccc2)n1. The molecule has 0 spiro atoms. The summed E-state index contributed by atoms with van der Waals surface area (Å²) in [6, 6.07) is 17.1. The average Bonchev–Trinajstić information content (AvgIpc) is 3.08. The van der Waals surface area contributed by atoms with E-state index in [1.54, 1.807) is 13.3 Å². The standard InChI is InChI=1S/C17H15N3O3/c1-21-15-10-6-5-9-14(15)17-19-16(23-20-17)12-22-18-11-13-7-3-2-4-8-13/h2-11H,12H2,1H3/b18-11-. The van der Waals surface area contributed by atoms with Gasteiger partial charge >= 0.3 is 0 Å². The van der Waals surface area contributed by atoms with Crippen LogP contribution < -0.4 is 4.74 Å². The van der Waals surface area contributed by atoms with Gasteiger partial charge in [-0.25, -0.2) is 0 Å². The van der Waals surface area contributed by atoms with Gasteiger partial charge < -0.3 is 14.1 Å². The van der Waals surface area contributed by atoms with Crippen molar-refractivity contribution in [3.8, 4) is 17.1 Å². The molecule has 0 amide bonds.